The number of nitrogens with one attached hydrogen (secondary N) is 1. The highest BCUT2D eigenvalue weighted by atomic mass is 35.5. The third kappa shape index (κ3) is 6.43. The molecule has 0 unspecified atom stereocenters. The summed E-state index contributed by atoms with van der Waals surface area (Å²) in [5, 5.41) is 7.58. The van der Waals surface area contributed by atoms with Gasteiger partial charge in [0.15, 0.2) is 0 Å². The van der Waals surface area contributed by atoms with Gasteiger partial charge in [0.1, 0.15) is 18.7 Å². The van der Waals surface area contributed by atoms with Crippen molar-refractivity contribution in [2.24, 2.45) is 0 Å². The van der Waals surface area contributed by atoms with E-state index in [0.717, 1.165) is 37.5 Å². The Morgan fingerprint density at radius 3 is 2.44 bits per heavy atom. The highest BCUT2D eigenvalue weighted by Gasteiger charge is 2.16. The van der Waals surface area contributed by atoms with Crippen LogP contribution < -0.4 is 15.7 Å². The lowest BCUT2D eigenvalue weighted by Gasteiger charge is -2.28. The van der Waals surface area contributed by atoms with Crippen LogP contribution in [0, 0.1) is 0 Å². The second kappa shape index (κ2) is 12.5. The quantitative estimate of drug-likeness (QED) is 0.333. The minimum absolute atomic E-state index is 0. The topological polar surface area (TPSA) is 64.3 Å². The summed E-state index contributed by atoms with van der Waals surface area (Å²) in [5.41, 5.74) is 4.83. The van der Waals surface area contributed by atoms with Gasteiger partial charge >= 0.3 is 5.69 Å². The molecule has 1 aliphatic rings. The van der Waals surface area contributed by atoms with Crippen LogP contribution in [0.15, 0.2) is 90.0 Å². The number of hydrogen-bond acceptors (Lipinski definition) is 5. The molecule has 1 N–H and O–H groups in total. The van der Waals surface area contributed by atoms with Crippen LogP contribution in [0.25, 0.3) is 5.69 Å². The zero-order chi connectivity index (χ0) is 23.9. The molecule has 0 saturated carbocycles. The van der Waals surface area contributed by atoms with Gasteiger partial charge < -0.3 is 10.1 Å². The summed E-state index contributed by atoms with van der Waals surface area (Å²) in [6.07, 6.45) is 2.69. The summed E-state index contributed by atoms with van der Waals surface area (Å²) in [4.78, 5) is 15.3. The van der Waals surface area contributed by atoms with Crippen molar-refractivity contribution in [1.82, 2.24) is 24.6 Å². The molecule has 2 heterocycles. The van der Waals surface area contributed by atoms with Crippen LogP contribution in [0.4, 0.5) is 0 Å². The molecular formula is C28H32ClN5O2. The summed E-state index contributed by atoms with van der Waals surface area (Å²) < 4.78 is 8.75. The largest absolute Gasteiger partial charge is 0.492 e. The molecule has 0 aliphatic carbocycles. The van der Waals surface area contributed by atoms with Gasteiger partial charge in [-0.2, -0.15) is 5.10 Å². The smallest absolute Gasteiger partial charge is 0.350 e. The maximum atomic E-state index is 12.8. The van der Waals surface area contributed by atoms with Crippen LogP contribution in [-0.4, -0.2) is 45.5 Å². The fraction of sp³-hybridized carbons (Fsp3) is 0.286. The van der Waals surface area contributed by atoms with Gasteiger partial charge in [-0.1, -0.05) is 54.6 Å². The van der Waals surface area contributed by atoms with Crippen molar-refractivity contribution in [2.75, 3.05) is 26.2 Å². The van der Waals surface area contributed by atoms with Crippen molar-refractivity contribution in [2.45, 2.75) is 26.1 Å². The molecule has 0 radical (unpaired) electrons. The molecule has 36 heavy (non-hydrogen) atoms. The Bertz CT molecular complexity index is 1290. The first-order valence-corrected chi connectivity index (χ1v) is 12.2. The van der Waals surface area contributed by atoms with Gasteiger partial charge in [0.2, 0.25) is 0 Å². The summed E-state index contributed by atoms with van der Waals surface area (Å²) in [6.45, 7) is 5.38. The van der Waals surface area contributed by atoms with E-state index >= 15 is 0 Å². The van der Waals surface area contributed by atoms with E-state index in [1.54, 1.807) is 10.9 Å². The molecule has 8 heteroatoms. The van der Waals surface area contributed by atoms with Crippen molar-refractivity contribution < 1.29 is 4.74 Å². The maximum Gasteiger partial charge on any atom is 0.350 e. The molecule has 7 nitrogen and oxygen atoms in total. The first-order chi connectivity index (χ1) is 17.3. The molecule has 0 bridgehead atoms. The molecule has 0 spiro atoms. The van der Waals surface area contributed by atoms with E-state index in [9.17, 15) is 4.79 Å². The Hall–Kier alpha value is -3.39. The third-order valence-electron chi connectivity index (χ3n) is 6.35. The van der Waals surface area contributed by atoms with Crippen LogP contribution in [0.5, 0.6) is 5.75 Å². The Balaban J connectivity index is 0.00000304. The van der Waals surface area contributed by atoms with E-state index in [1.165, 1.54) is 21.4 Å². The van der Waals surface area contributed by atoms with Gasteiger partial charge in [0, 0.05) is 32.7 Å². The van der Waals surface area contributed by atoms with E-state index in [4.69, 9.17) is 4.74 Å². The predicted molar refractivity (Wildman–Crippen MR) is 144 cm³/mol. The van der Waals surface area contributed by atoms with Gasteiger partial charge in [-0.3, -0.25) is 4.90 Å². The van der Waals surface area contributed by atoms with Gasteiger partial charge in [-0.15, -0.1) is 12.4 Å². The standard InChI is InChI=1S/C28H31N5O2.ClH/c34-28-32(22-30-33(28)18-15-29-16-19-35-27-8-2-1-3-9-27)26-12-10-23(11-13-26)20-31-17-14-24-6-4-5-7-25(24)21-31;/h1-13,22,29H,14-21H2;1H. The number of rotatable bonds is 10. The number of fused-ring (bicyclic) bond motifs is 1. The number of benzene rings is 3. The van der Waals surface area contributed by atoms with E-state index in [2.05, 4.69) is 51.7 Å². The predicted octanol–water partition coefficient (Wildman–Crippen LogP) is 3.68. The second-order valence-corrected chi connectivity index (χ2v) is 8.81. The molecule has 1 aromatic heterocycles. The van der Waals surface area contributed by atoms with E-state index in [1.807, 2.05) is 42.5 Å². The monoisotopic (exact) mass is 505 g/mol. The maximum absolute atomic E-state index is 12.8. The summed E-state index contributed by atoms with van der Waals surface area (Å²) >= 11 is 0. The summed E-state index contributed by atoms with van der Waals surface area (Å²) in [7, 11) is 0. The Morgan fingerprint density at radius 2 is 1.64 bits per heavy atom. The molecule has 1 aliphatic heterocycles. The lowest BCUT2D eigenvalue weighted by atomic mass is 9.99. The Labute approximate surface area is 217 Å². The first kappa shape index (κ1) is 25.7. The van der Waals surface area contributed by atoms with Gasteiger partial charge in [0.05, 0.1) is 12.2 Å². The van der Waals surface area contributed by atoms with E-state index < -0.39 is 0 Å². The van der Waals surface area contributed by atoms with Crippen molar-refractivity contribution >= 4 is 12.4 Å². The minimum Gasteiger partial charge on any atom is -0.492 e. The van der Waals surface area contributed by atoms with Crippen LogP contribution in [0.2, 0.25) is 0 Å². The zero-order valence-corrected chi connectivity index (χ0v) is 21.1. The van der Waals surface area contributed by atoms with Gasteiger partial charge in [0.25, 0.3) is 0 Å². The number of para-hydroxylation sites is 1. The lowest BCUT2D eigenvalue weighted by molar-refractivity contribution is 0.245. The normalized spacial score (nSPS) is 13.1. The van der Waals surface area contributed by atoms with Crippen molar-refractivity contribution in [1.29, 1.82) is 0 Å². The molecule has 0 amide bonds. The van der Waals surface area contributed by atoms with Crippen molar-refractivity contribution in [3.63, 3.8) is 0 Å². The average Bonchev–Trinajstić information content (AvgIpc) is 3.27. The summed E-state index contributed by atoms with van der Waals surface area (Å²) in [5.74, 6) is 0.858. The molecule has 0 saturated heterocycles. The van der Waals surface area contributed by atoms with Crippen LogP contribution in [0.1, 0.15) is 16.7 Å². The zero-order valence-electron chi connectivity index (χ0n) is 20.3. The van der Waals surface area contributed by atoms with Crippen molar-refractivity contribution in [3.05, 3.63) is 112 Å². The SMILES string of the molecule is Cl.O=c1n(-c2ccc(CN3CCc4ccccc4C3)cc2)cnn1CCNCCOc1ccccc1. The van der Waals surface area contributed by atoms with Gasteiger partial charge in [-0.25, -0.2) is 14.0 Å². The highest BCUT2D eigenvalue weighted by Crippen LogP contribution is 2.20. The minimum atomic E-state index is -0.132. The molecule has 188 valence electrons. The summed E-state index contributed by atoms with van der Waals surface area (Å²) in [6, 6.07) is 26.6. The van der Waals surface area contributed by atoms with Crippen LogP contribution in [-0.2, 0) is 26.1 Å². The second-order valence-electron chi connectivity index (χ2n) is 8.81. The van der Waals surface area contributed by atoms with Crippen molar-refractivity contribution in [3.8, 4) is 11.4 Å². The number of nitrogens with zero attached hydrogens (tertiary/aromatic N) is 4. The average molecular weight is 506 g/mol. The van der Waals surface area contributed by atoms with Crippen LogP contribution in [0.3, 0.4) is 0 Å². The Morgan fingerprint density at radius 1 is 0.889 bits per heavy atom. The van der Waals surface area contributed by atoms with Crippen LogP contribution >= 0.6 is 12.4 Å². The molecule has 4 aromatic rings. The molecule has 0 atom stereocenters. The molecule has 5 rings (SSSR count). The molecule has 3 aromatic carbocycles. The number of halogens is 1. The first-order valence-electron chi connectivity index (χ1n) is 12.2. The van der Waals surface area contributed by atoms with E-state index in [-0.39, 0.29) is 18.1 Å². The van der Waals surface area contributed by atoms with E-state index in [0.29, 0.717) is 26.2 Å². The fourth-order valence-electron chi connectivity index (χ4n) is 4.44. The van der Waals surface area contributed by atoms with Gasteiger partial charge in [-0.05, 0) is 47.4 Å². The number of aromatic nitrogens is 3. The Kier molecular flexibility index (Phi) is 8.95. The highest BCUT2D eigenvalue weighted by molar-refractivity contribution is 5.85. The molecular weight excluding hydrogens is 474 g/mol. The number of hydrogen-bond donors (Lipinski definition) is 1. The lowest BCUT2D eigenvalue weighted by Crippen LogP contribution is -2.30. The third-order valence-corrected chi connectivity index (χ3v) is 6.35. The molecule has 0 fully saturated rings. The number of ether oxygens (including phenoxy) is 1. The fourth-order valence-corrected chi connectivity index (χ4v) is 4.44.